The van der Waals surface area contributed by atoms with Crippen LogP contribution >= 0.6 is 12.8 Å². The molecule has 0 aliphatic carbocycles. The van der Waals surface area contributed by atoms with Gasteiger partial charge in [0.2, 0.25) is 5.91 Å². The molecule has 0 bridgehead atoms. The molecule has 8 nitrogen and oxygen atoms in total. The molecule has 1 saturated heterocycles. The Morgan fingerprint density at radius 1 is 1.27 bits per heavy atom. The summed E-state index contributed by atoms with van der Waals surface area (Å²) in [6.45, 7) is 0. The van der Waals surface area contributed by atoms with Crippen molar-refractivity contribution in [2.24, 2.45) is 0 Å². The summed E-state index contributed by atoms with van der Waals surface area (Å²) in [6, 6.07) is 8.71. The minimum Gasteiger partial charge on any atom is -0.374 e. The summed E-state index contributed by atoms with van der Waals surface area (Å²) in [4.78, 5) is 27.3. The van der Waals surface area contributed by atoms with Crippen molar-refractivity contribution in [3.63, 3.8) is 0 Å². The molecule has 1 fully saturated rings. The van der Waals surface area contributed by atoms with E-state index >= 15 is 0 Å². The first-order valence-electron chi connectivity index (χ1n) is 9.64. The van der Waals surface area contributed by atoms with Gasteiger partial charge in [-0.3, -0.25) is 14.5 Å². The maximum atomic E-state index is 13.3. The number of anilines is 1. The molecule has 2 aliphatic heterocycles. The molecule has 2 amide bonds. The van der Waals surface area contributed by atoms with Gasteiger partial charge in [0.25, 0.3) is 5.91 Å². The zero-order chi connectivity index (χ0) is 21.0. The molecule has 30 heavy (non-hydrogen) atoms. The third-order valence-electron chi connectivity index (χ3n) is 5.81. The number of thiol groups is 1. The SMILES string of the molecule is COC(c1cnn(S)c1)c1ccc2c3c(cccc13)C(=O)N2C1CCC(O)NC1=O. The van der Waals surface area contributed by atoms with E-state index in [-0.39, 0.29) is 17.9 Å². The second kappa shape index (κ2) is 7.12. The van der Waals surface area contributed by atoms with Crippen LogP contribution in [0.25, 0.3) is 10.8 Å². The molecule has 0 saturated carbocycles. The van der Waals surface area contributed by atoms with Crippen LogP contribution in [-0.4, -0.2) is 45.5 Å². The summed E-state index contributed by atoms with van der Waals surface area (Å²) < 4.78 is 7.18. The first-order valence-corrected chi connectivity index (χ1v) is 10.0. The van der Waals surface area contributed by atoms with E-state index in [1.54, 1.807) is 30.5 Å². The predicted molar refractivity (Wildman–Crippen MR) is 113 cm³/mol. The van der Waals surface area contributed by atoms with E-state index in [2.05, 4.69) is 23.2 Å². The normalized spacial score (nSPS) is 21.9. The fourth-order valence-electron chi connectivity index (χ4n) is 4.50. The lowest BCUT2D eigenvalue weighted by atomic mass is 9.95. The second-order valence-electron chi connectivity index (χ2n) is 7.50. The van der Waals surface area contributed by atoms with Crippen LogP contribution in [0.15, 0.2) is 42.7 Å². The van der Waals surface area contributed by atoms with Crippen molar-refractivity contribution in [2.75, 3.05) is 12.0 Å². The topological polar surface area (TPSA) is 96.7 Å². The van der Waals surface area contributed by atoms with Gasteiger partial charge >= 0.3 is 0 Å². The van der Waals surface area contributed by atoms with Crippen LogP contribution in [-0.2, 0) is 9.53 Å². The number of nitrogens with one attached hydrogen (secondary N) is 1. The Labute approximate surface area is 178 Å². The van der Waals surface area contributed by atoms with Crippen LogP contribution in [0.3, 0.4) is 0 Å². The zero-order valence-electron chi connectivity index (χ0n) is 16.1. The molecule has 9 heteroatoms. The van der Waals surface area contributed by atoms with Crippen LogP contribution in [0.4, 0.5) is 5.69 Å². The third-order valence-corrected chi connectivity index (χ3v) is 6.03. The Hall–Kier alpha value is -2.88. The molecule has 2 aromatic carbocycles. The summed E-state index contributed by atoms with van der Waals surface area (Å²) in [6.07, 6.45) is 3.02. The van der Waals surface area contributed by atoms with Gasteiger partial charge in [0, 0.05) is 29.8 Å². The van der Waals surface area contributed by atoms with Crippen LogP contribution in [0.2, 0.25) is 0 Å². The molecule has 3 aromatic rings. The van der Waals surface area contributed by atoms with Crippen molar-refractivity contribution in [3.05, 3.63) is 59.4 Å². The summed E-state index contributed by atoms with van der Waals surface area (Å²) in [5, 5.41) is 18.0. The van der Waals surface area contributed by atoms with Crippen molar-refractivity contribution < 1.29 is 19.4 Å². The van der Waals surface area contributed by atoms with Gasteiger partial charge in [-0.2, -0.15) is 5.10 Å². The zero-order valence-corrected chi connectivity index (χ0v) is 17.0. The minimum atomic E-state index is -0.869. The number of carbonyl (C=O) groups is 2. The van der Waals surface area contributed by atoms with Crippen LogP contribution in [0.5, 0.6) is 0 Å². The number of hydrogen-bond acceptors (Lipinski definition) is 6. The molecule has 0 spiro atoms. The third kappa shape index (κ3) is 2.81. The number of carbonyl (C=O) groups excluding carboxylic acids is 2. The number of aromatic nitrogens is 2. The summed E-state index contributed by atoms with van der Waals surface area (Å²) in [7, 11) is 1.62. The first-order chi connectivity index (χ1) is 14.5. The summed E-state index contributed by atoms with van der Waals surface area (Å²) >= 11 is 4.21. The van der Waals surface area contributed by atoms with Gasteiger partial charge in [-0.1, -0.05) is 18.2 Å². The lowest BCUT2D eigenvalue weighted by molar-refractivity contribution is -0.128. The van der Waals surface area contributed by atoms with Gasteiger partial charge in [-0.25, -0.2) is 4.09 Å². The molecular formula is C21H20N4O4S. The van der Waals surface area contributed by atoms with Gasteiger partial charge in [0.1, 0.15) is 18.4 Å². The number of aliphatic hydroxyl groups is 1. The molecular weight excluding hydrogens is 404 g/mol. The van der Waals surface area contributed by atoms with Crippen LogP contribution in [0.1, 0.15) is 40.4 Å². The number of ether oxygens (including phenoxy) is 1. The van der Waals surface area contributed by atoms with Gasteiger partial charge < -0.3 is 15.2 Å². The first kappa shape index (κ1) is 19.1. The quantitative estimate of drug-likeness (QED) is 0.557. The lowest BCUT2D eigenvalue weighted by Gasteiger charge is -2.33. The standard InChI is InChI=1S/C21H20N4O4S/c1-29-19(11-9-22-24(30)10-11)13-5-6-15-18-12(13)3-2-4-14(18)21(28)25(15)16-7-8-17(26)23-20(16)27/h2-6,9-10,16-17,19,26,30H,7-8H2,1H3,(H,23,27). The molecule has 2 N–H and O–H groups in total. The average molecular weight is 424 g/mol. The number of methoxy groups -OCH3 is 1. The number of benzene rings is 2. The summed E-state index contributed by atoms with van der Waals surface area (Å²) in [5.41, 5.74) is 3.00. The number of piperidine rings is 1. The molecule has 2 aliphatic rings. The monoisotopic (exact) mass is 424 g/mol. The number of amides is 2. The van der Waals surface area contributed by atoms with Crippen molar-refractivity contribution in [2.45, 2.75) is 31.2 Å². The fourth-order valence-corrected chi connectivity index (χ4v) is 4.68. The molecule has 5 rings (SSSR count). The lowest BCUT2D eigenvalue weighted by Crippen LogP contribution is -2.55. The highest BCUT2D eigenvalue weighted by Gasteiger charge is 2.41. The van der Waals surface area contributed by atoms with E-state index < -0.39 is 12.3 Å². The van der Waals surface area contributed by atoms with E-state index in [4.69, 9.17) is 4.74 Å². The van der Waals surface area contributed by atoms with Gasteiger partial charge in [0.15, 0.2) is 0 Å². The smallest absolute Gasteiger partial charge is 0.259 e. The Balaban J connectivity index is 1.64. The number of aliphatic hydroxyl groups excluding tert-OH is 1. The van der Waals surface area contributed by atoms with Crippen molar-refractivity contribution in [1.82, 2.24) is 14.5 Å². The van der Waals surface area contributed by atoms with Gasteiger partial charge in [0.05, 0.1) is 11.9 Å². The number of hydrogen-bond donors (Lipinski definition) is 3. The Morgan fingerprint density at radius 3 is 2.80 bits per heavy atom. The highest BCUT2D eigenvalue weighted by atomic mass is 32.1. The van der Waals surface area contributed by atoms with Gasteiger partial charge in [-0.05, 0) is 48.7 Å². The molecule has 1 aromatic heterocycles. The number of rotatable bonds is 4. The van der Waals surface area contributed by atoms with Crippen LogP contribution < -0.4 is 10.2 Å². The maximum Gasteiger partial charge on any atom is 0.259 e. The number of nitrogens with zero attached hydrogens (tertiary/aromatic N) is 3. The van der Waals surface area contributed by atoms with E-state index in [9.17, 15) is 14.7 Å². The fraction of sp³-hybridized carbons (Fsp3) is 0.286. The minimum absolute atomic E-state index is 0.207. The van der Waals surface area contributed by atoms with Crippen molar-refractivity contribution >= 4 is 41.1 Å². The van der Waals surface area contributed by atoms with E-state index in [1.165, 1.54) is 4.09 Å². The highest BCUT2D eigenvalue weighted by molar-refractivity contribution is 7.78. The van der Waals surface area contributed by atoms with E-state index in [0.29, 0.717) is 24.1 Å². The Morgan fingerprint density at radius 2 is 2.10 bits per heavy atom. The molecule has 3 heterocycles. The molecule has 154 valence electrons. The van der Waals surface area contributed by atoms with Gasteiger partial charge in [-0.15, -0.1) is 0 Å². The largest absolute Gasteiger partial charge is 0.374 e. The molecule has 3 unspecified atom stereocenters. The Bertz CT molecular complexity index is 1180. The summed E-state index contributed by atoms with van der Waals surface area (Å²) in [5.74, 6) is -0.551. The predicted octanol–water partition coefficient (Wildman–Crippen LogP) is 2.02. The van der Waals surface area contributed by atoms with Crippen LogP contribution in [0, 0.1) is 0 Å². The second-order valence-corrected chi connectivity index (χ2v) is 7.91. The average Bonchev–Trinajstić information content (AvgIpc) is 3.27. The maximum absolute atomic E-state index is 13.3. The van der Waals surface area contributed by atoms with E-state index in [1.807, 2.05) is 24.3 Å². The van der Waals surface area contributed by atoms with Crippen molar-refractivity contribution in [3.8, 4) is 0 Å². The van der Waals surface area contributed by atoms with Crippen molar-refractivity contribution in [1.29, 1.82) is 0 Å². The molecule has 0 radical (unpaired) electrons. The Kier molecular flexibility index (Phi) is 4.53. The molecule has 3 atom stereocenters. The van der Waals surface area contributed by atoms with E-state index in [0.717, 1.165) is 21.9 Å². The highest BCUT2D eigenvalue weighted by Crippen LogP contribution is 2.43.